The van der Waals surface area contributed by atoms with Crippen LogP contribution < -0.4 is 10.6 Å². The molecule has 3 aromatic heterocycles. The molecular formula is C18H15FN6O. The van der Waals surface area contributed by atoms with Crippen molar-refractivity contribution in [1.29, 1.82) is 0 Å². The summed E-state index contributed by atoms with van der Waals surface area (Å²) in [4.78, 5) is 25.4. The number of carbonyl (C=O) groups excluding carboxylic acids is 1. The first kappa shape index (κ1) is 15.9. The van der Waals surface area contributed by atoms with Gasteiger partial charge in [-0.2, -0.15) is 0 Å². The van der Waals surface area contributed by atoms with Crippen LogP contribution in [0.5, 0.6) is 0 Å². The Balaban J connectivity index is 1.74. The first-order valence-corrected chi connectivity index (χ1v) is 7.94. The summed E-state index contributed by atoms with van der Waals surface area (Å²) < 4.78 is 15.7. The first-order valence-electron chi connectivity index (χ1n) is 7.94. The van der Waals surface area contributed by atoms with E-state index in [9.17, 15) is 9.18 Å². The molecule has 7 nitrogen and oxygen atoms in total. The molecule has 0 saturated carbocycles. The molecule has 8 heteroatoms. The lowest BCUT2D eigenvalue weighted by Crippen LogP contribution is -2.14. The second kappa shape index (κ2) is 6.07. The van der Waals surface area contributed by atoms with Gasteiger partial charge in [0.2, 0.25) is 0 Å². The minimum Gasteiger partial charge on any atom is -0.386 e. The van der Waals surface area contributed by atoms with Gasteiger partial charge in [0, 0.05) is 37.9 Å². The molecule has 0 spiro atoms. The molecule has 0 aliphatic rings. The fraction of sp³-hybridized carbons (Fsp3) is 0.111. The van der Waals surface area contributed by atoms with E-state index in [-0.39, 0.29) is 5.65 Å². The van der Waals surface area contributed by atoms with Crippen molar-refractivity contribution in [2.75, 3.05) is 17.7 Å². The van der Waals surface area contributed by atoms with Crippen LogP contribution in [0.25, 0.3) is 16.7 Å². The molecule has 1 amide bonds. The minimum absolute atomic E-state index is 0.218. The lowest BCUT2D eigenvalue weighted by molar-refractivity contribution is 0.102. The van der Waals surface area contributed by atoms with Crippen molar-refractivity contribution < 1.29 is 9.18 Å². The first-order chi connectivity index (χ1) is 12.6. The van der Waals surface area contributed by atoms with Gasteiger partial charge in [0.1, 0.15) is 11.0 Å². The Morgan fingerprint density at radius 3 is 2.69 bits per heavy atom. The average Bonchev–Trinajstić information content (AvgIpc) is 3.01. The summed E-state index contributed by atoms with van der Waals surface area (Å²) in [7, 11) is 1.77. The van der Waals surface area contributed by atoms with Gasteiger partial charge in [0.25, 0.3) is 5.91 Å². The Kier molecular flexibility index (Phi) is 3.72. The molecule has 4 rings (SSSR count). The third-order valence-corrected chi connectivity index (χ3v) is 4.02. The van der Waals surface area contributed by atoms with E-state index in [0.717, 1.165) is 5.69 Å². The molecular weight excluding hydrogens is 335 g/mol. The number of pyridine rings is 1. The van der Waals surface area contributed by atoms with E-state index in [2.05, 4.69) is 25.6 Å². The fourth-order valence-corrected chi connectivity index (χ4v) is 2.89. The summed E-state index contributed by atoms with van der Waals surface area (Å²) in [6.07, 6.45) is 6.40. The number of nitrogens with one attached hydrogen (secondary N) is 2. The highest BCUT2D eigenvalue weighted by Crippen LogP contribution is 2.24. The Morgan fingerprint density at radius 2 is 1.92 bits per heavy atom. The van der Waals surface area contributed by atoms with E-state index in [1.54, 1.807) is 49.1 Å². The largest absolute Gasteiger partial charge is 0.386 e. The van der Waals surface area contributed by atoms with Crippen LogP contribution in [0.4, 0.5) is 15.8 Å². The zero-order chi connectivity index (χ0) is 18.3. The molecule has 0 fully saturated rings. The van der Waals surface area contributed by atoms with Gasteiger partial charge in [-0.3, -0.25) is 14.8 Å². The summed E-state index contributed by atoms with van der Waals surface area (Å²) in [6.45, 7) is 1.78. The number of aryl methyl sites for hydroxylation is 1. The minimum atomic E-state index is -0.508. The van der Waals surface area contributed by atoms with Crippen LogP contribution in [0.3, 0.4) is 0 Å². The van der Waals surface area contributed by atoms with Gasteiger partial charge in [-0.05, 0) is 19.1 Å². The number of benzene rings is 1. The molecule has 0 unspecified atom stereocenters. The second-order valence-corrected chi connectivity index (χ2v) is 5.81. The maximum atomic E-state index is 14.2. The normalized spacial score (nSPS) is 11.0. The van der Waals surface area contributed by atoms with Gasteiger partial charge in [0.05, 0.1) is 22.6 Å². The van der Waals surface area contributed by atoms with E-state index in [1.165, 1.54) is 12.3 Å². The lowest BCUT2D eigenvalue weighted by Gasteiger charge is -2.10. The van der Waals surface area contributed by atoms with Gasteiger partial charge < -0.3 is 15.0 Å². The Labute approximate surface area is 147 Å². The third kappa shape index (κ3) is 2.61. The molecule has 0 saturated heterocycles. The molecule has 0 atom stereocenters. The third-order valence-electron chi connectivity index (χ3n) is 4.02. The highest BCUT2D eigenvalue weighted by molar-refractivity contribution is 6.13. The van der Waals surface area contributed by atoms with Crippen molar-refractivity contribution in [3.05, 3.63) is 60.1 Å². The van der Waals surface area contributed by atoms with Gasteiger partial charge in [0.15, 0.2) is 11.5 Å². The highest BCUT2D eigenvalue weighted by atomic mass is 19.1. The summed E-state index contributed by atoms with van der Waals surface area (Å²) in [6, 6.07) is 4.67. The van der Waals surface area contributed by atoms with Crippen LogP contribution in [-0.2, 0) is 0 Å². The summed E-state index contributed by atoms with van der Waals surface area (Å²) in [5.41, 5.74) is 3.42. The number of halogens is 1. The predicted molar refractivity (Wildman–Crippen MR) is 96.9 cm³/mol. The van der Waals surface area contributed by atoms with Gasteiger partial charge >= 0.3 is 0 Å². The van der Waals surface area contributed by atoms with Crippen molar-refractivity contribution >= 4 is 34.0 Å². The zero-order valence-electron chi connectivity index (χ0n) is 14.1. The van der Waals surface area contributed by atoms with Crippen molar-refractivity contribution in [2.24, 2.45) is 0 Å². The van der Waals surface area contributed by atoms with Crippen LogP contribution >= 0.6 is 0 Å². The maximum absolute atomic E-state index is 14.2. The highest BCUT2D eigenvalue weighted by Gasteiger charge is 2.15. The van der Waals surface area contributed by atoms with Crippen LogP contribution in [0, 0.1) is 12.7 Å². The predicted octanol–water partition coefficient (Wildman–Crippen LogP) is 3.02. The van der Waals surface area contributed by atoms with Gasteiger partial charge in [-0.15, -0.1) is 0 Å². The average molecular weight is 350 g/mol. The summed E-state index contributed by atoms with van der Waals surface area (Å²) >= 11 is 0. The number of amides is 1. The lowest BCUT2D eigenvalue weighted by atomic mass is 10.1. The molecule has 0 aliphatic heterocycles. The van der Waals surface area contributed by atoms with Gasteiger partial charge in [-0.1, -0.05) is 0 Å². The molecule has 0 bridgehead atoms. The molecule has 4 aromatic rings. The topological polar surface area (TPSA) is 84.2 Å². The number of carbonyl (C=O) groups is 1. The standard InChI is InChI=1S/C18H15FN6O/c1-10-8-25-9-11(7-13(19)17(25)23-10)24-18(26)12-3-4-14(20-2)16-15(12)21-5-6-22-16/h3-9,20H,1-2H3,(H,24,26). The molecule has 26 heavy (non-hydrogen) atoms. The van der Waals surface area contributed by atoms with Crippen LogP contribution in [0.1, 0.15) is 16.1 Å². The number of hydrogen-bond acceptors (Lipinski definition) is 5. The maximum Gasteiger partial charge on any atom is 0.257 e. The van der Waals surface area contributed by atoms with Crippen molar-refractivity contribution in [3.8, 4) is 0 Å². The number of nitrogens with zero attached hydrogens (tertiary/aromatic N) is 4. The Bertz CT molecular complexity index is 1150. The number of imidazole rings is 1. The number of aromatic nitrogens is 4. The van der Waals surface area contributed by atoms with E-state index in [0.29, 0.717) is 28.0 Å². The number of hydrogen-bond donors (Lipinski definition) is 2. The molecule has 130 valence electrons. The number of anilines is 2. The second-order valence-electron chi connectivity index (χ2n) is 5.81. The van der Waals surface area contributed by atoms with E-state index < -0.39 is 11.7 Å². The summed E-state index contributed by atoms with van der Waals surface area (Å²) in [5, 5.41) is 5.74. The molecule has 2 N–H and O–H groups in total. The molecule has 3 heterocycles. The van der Waals surface area contributed by atoms with E-state index in [1.807, 2.05) is 0 Å². The van der Waals surface area contributed by atoms with Crippen LogP contribution in [-0.4, -0.2) is 32.3 Å². The number of rotatable bonds is 3. The van der Waals surface area contributed by atoms with Crippen molar-refractivity contribution in [1.82, 2.24) is 19.4 Å². The molecule has 1 aromatic carbocycles. The monoisotopic (exact) mass is 350 g/mol. The van der Waals surface area contributed by atoms with Crippen molar-refractivity contribution in [2.45, 2.75) is 6.92 Å². The van der Waals surface area contributed by atoms with Crippen molar-refractivity contribution in [3.63, 3.8) is 0 Å². The zero-order valence-corrected chi connectivity index (χ0v) is 14.1. The smallest absolute Gasteiger partial charge is 0.257 e. The SMILES string of the molecule is CNc1ccc(C(=O)Nc2cc(F)c3nc(C)cn3c2)c2nccnc12. The molecule has 0 radical (unpaired) electrons. The Morgan fingerprint density at radius 1 is 1.15 bits per heavy atom. The van der Waals surface area contributed by atoms with Crippen LogP contribution in [0.2, 0.25) is 0 Å². The summed E-state index contributed by atoms with van der Waals surface area (Å²) in [5.74, 6) is -0.903. The van der Waals surface area contributed by atoms with Gasteiger partial charge in [-0.25, -0.2) is 9.37 Å². The van der Waals surface area contributed by atoms with Crippen LogP contribution in [0.15, 0.2) is 43.0 Å². The Hall–Kier alpha value is -3.55. The number of fused-ring (bicyclic) bond motifs is 2. The quantitative estimate of drug-likeness (QED) is 0.593. The fourth-order valence-electron chi connectivity index (χ4n) is 2.89. The van der Waals surface area contributed by atoms with E-state index in [4.69, 9.17) is 0 Å². The van der Waals surface area contributed by atoms with E-state index >= 15 is 0 Å². The molecule has 0 aliphatic carbocycles.